The molecule has 1 aliphatic rings. The molecule has 3 nitrogen and oxygen atoms in total. The second-order valence-corrected chi connectivity index (χ2v) is 6.65. The van der Waals surface area contributed by atoms with Crippen LogP contribution in [0.3, 0.4) is 0 Å². The quantitative estimate of drug-likeness (QED) is 0.695. The normalized spacial score (nSPS) is 15.8. The zero-order valence-electron chi connectivity index (χ0n) is 15.1. The van der Waals surface area contributed by atoms with Gasteiger partial charge in [0, 0.05) is 22.5 Å². The molecule has 1 atom stereocenters. The van der Waals surface area contributed by atoms with Crippen molar-refractivity contribution in [3.8, 4) is 0 Å². The topological polar surface area (TPSA) is 32.3 Å². The van der Waals surface area contributed by atoms with Crippen molar-refractivity contribution in [1.29, 1.82) is 0 Å². The molecular weight excluding hydrogens is 320 g/mol. The Morgan fingerprint density at radius 3 is 2.35 bits per heavy atom. The molecule has 0 saturated heterocycles. The average Bonchev–Trinajstić information content (AvgIpc) is 2.95. The van der Waals surface area contributed by atoms with Gasteiger partial charge in [0.15, 0.2) is 0 Å². The van der Waals surface area contributed by atoms with Gasteiger partial charge in [-0.25, -0.2) is 0 Å². The van der Waals surface area contributed by atoms with Crippen LogP contribution in [0, 0.1) is 6.92 Å². The van der Waals surface area contributed by atoms with Crippen molar-refractivity contribution in [1.82, 2.24) is 0 Å². The first kappa shape index (κ1) is 16.4. The molecule has 3 heteroatoms. The van der Waals surface area contributed by atoms with E-state index < -0.39 is 0 Å². The zero-order chi connectivity index (χ0) is 18.1. The molecule has 1 N–H and O–H groups in total. The highest BCUT2D eigenvalue weighted by Gasteiger charge is 2.38. The van der Waals surface area contributed by atoms with Gasteiger partial charge >= 0.3 is 0 Å². The minimum absolute atomic E-state index is 0.0394. The van der Waals surface area contributed by atoms with Gasteiger partial charge in [0.05, 0.1) is 0 Å². The van der Waals surface area contributed by atoms with E-state index in [9.17, 15) is 4.79 Å². The van der Waals surface area contributed by atoms with E-state index in [0.717, 1.165) is 34.5 Å². The second kappa shape index (κ2) is 6.68. The molecule has 0 aliphatic carbocycles. The molecule has 0 unspecified atom stereocenters. The van der Waals surface area contributed by atoms with Crippen LogP contribution in [0.25, 0.3) is 0 Å². The number of carbonyl (C=O) groups excluding carboxylic acids is 1. The number of fused-ring (bicyclic) bond motifs is 1. The monoisotopic (exact) mass is 342 g/mol. The lowest BCUT2D eigenvalue weighted by Gasteiger charge is -2.28. The van der Waals surface area contributed by atoms with Gasteiger partial charge in [-0.2, -0.15) is 0 Å². The van der Waals surface area contributed by atoms with Gasteiger partial charge in [0.25, 0.3) is 5.91 Å². The Morgan fingerprint density at radius 2 is 1.62 bits per heavy atom. The van der Waals surface area contributed by atoms with Gasteiger partial charge in [-0.15, -0.1) is 0 Å². The van der Waals surface area contributed by atoms with E-state index >= 15 is 0 Å². The maximum absolute atomic E-state index is 13.1. The van der Waals surface area contributed by atoms with Gasteiger partial charge in [-0.05, 0) is 48.7 Å². The lowest BCUT2D eigenvalue weighted by atomic mass is 10.1. The van der Waals surface area contributed by atoms with Gasteiger partial charge in [0.1, 0.15) is 6.17 Å². The summed E-state index contributed by atoms with van der Waals surface area (Å²) in [6, 6.07) is 24.3. The molecular formula is C23H22N2O. The Bertz CT molecular complexity index is 946. The SMILES string of the molecule is CCc1ccc(N[C@@H]2c3ccccc3C(=O)N2c2ccccc2C)cc1. The van der Waals surface area contributed by atoms with Crippen molar-refractivity contribution in [3.63, 3.8) is 0 Å². The number of para-hydroxylation sites is 1. The number of hydrogen-bond acceptors (Lipinski definition) is 2. The molecule has 0 fully saturated rings. The van der Waals surface area contributed by atoms with E-state index in [-0.39, 0.29) is 12.1 Å². The summed E-state index contributed by atoms with van der Waals surface area (Å²) < 4.78 is 0. The van der Waals surface area contributed by atoms with Gasteiger partial charge in [0.2, 0.25) is 0 Å². The number of rotatable bonds is 4. The van der Waals surface area contributed by atoms with Crippen molar-refractivity contribution < 1.29 is 4.79 Å². The van der Waals surface area contributed by atoms with Crippen molar-refractivity contribution in [3.05, 3.63) is 95.1 Å². The fourth-order valence-corrected chi connectivity index (χ4v) is 3.54. The Kier molecular flexibility index (Phi) is 4.21. The zero-order valence-corrected chi connectivity index (χ0v) is 15.1. The number of hydrogen-bond donors (Lipinski definition) is 1. The summed E-state index contributed by atoms with van der Waals surface area (Å²) in [6.45, 7) is 4.19. The summed E-state index contributed by atoms with van der Waals surface area (Å²) >= 11 is 0. The highest BCUT2D eigenvalue weighted by molar-refractivity contribution is 6.11. The van der Waals surface area contributed by atoms with E-state index in [4.69, 9.17) is 0 Å². The smallest absolute Gasteiger partial charge is 0.260 e. The molecule has 0 saturated carbocycles. The average molecular weight is 342 g/mol. The fourth-order valence-electron chi connectivity index (χ4n) is 3.54. The van der Waals surface area contributed by atoms with Crippen LogP contribution in [0.2, 0.25) is 0 Å². The van der Waals surface area contributed by atoms with Gasteiger partial charge in [-0.1, -0.05) is 55.5 Å². The van der Waals surface area contributed by atoms with Crippen LogP contribution >= 0.6 is 0 Å². The number of carbonyl (C=O) groups is 1. The van der Waals surface area contributed by atoms with Gasteiger partial charge in [-0.3, -0.25) is 9.69 Å². The van der Waals surface area contributed by atoms with E-state index in [2.05, 4.69) is 36.5 Å². The van der Waals surface area contributed by atoms with Crippen LogP contribution in [0.4, 0.5) is 11.4 Å². The third kappa shape index (κ3) is 2.76. The summed E-state index contributed by atoms with van der Waals surface area (Å²) in [5.74, 6) is 0.0394. The third-order valence-electron chi connectivity index (χ3n) is 5.00. The van der Waals surface area contributed by atoms with E-state index in [1.165, 1.54) is 5.56 Å². The predicted molar refractivity (Wildman–Crippen MR) is 107 cm³/mol. The van der Waals surface area contributed by atoms with Gasteiger partial charge < -0.3 is 5.32 Å². The molecule has 0 radical (unpaired) electrons. The van der Waals surface area contributed by atoms with Crippen LogP contribution in [0.1, 0.15) is 40.1 Å². The molecule has 1 amide bonds. The largest absolute Gasteiger partial charge is 0.361 e. The minimum Gasteiger partial charge on any atom is -0.361 e. The number of benzene rings is 3. The molecule has 0 bridgehead atoms. The molecule has 130 valence electrons. The Labute approximate surface area is 154 Å². The Morgan fingerprint density at radius 1 is 0.923 bits per heavy atom. The lowest BCUT2D eigenvalue weighted by Crippen LogP contribution is -2.32. The van der Waals surface area contributed by atoms with E-state index in [1.807, 2.05) is 60.4 Å². The van der Waals surface area contributed by atoms with Crippen molar-refractivity contribution in [2.75, 3.05) is 10.2 Å². The number of amides is 1. The summed E-state index contributed by atoms with van der Waals surface area (Å²) in [7, 11) is 0. The molecule has 4 rings (SSSR count). The van der Waals surface area contributed by atoms with Crippen molar-refractivity contribution >= 4 is 17.3 Å². The lowest BCUT2D eigenvalue weighted by molar-refractivity contribution is 0.0993. The highest BCUT2D eigenvalue weighted by atomic mass is 16.2. The molecule has 0 spiro atoms. The van der Waals surface area contributed by atoms with Crippen LogP contribution < -0.4 is 10.2 Å². The number of nitrogens with zero attached hydrogens (tertiary/aromatic N) is 1. The van der Waals surface area contributed by atoms with Crippen LogP contribution in [0.5, 0.6) is 0 Å². The fraction of sp³-hybridized carbons (Fsp3) is 0.174. The first-order chi connectivity index (χ1) is 12.7. The van der Waals surface area contributed by atoms with Crippen LogP contribution in [0.15, 0.2) is 72.8 Å². The Balaban J connectivity index is 1.77. The standard InChI is InChI=1S/C23H22N2O/c1-3-17-12-14-18(15-13-17)24-22-19-9-5-6-10-20(19)23(26)25(22)21-11-7-4-8-16(21)2/h4-15,22,24H,3H2,1-2H3/t22-/m0/s1. The van der Waals surface area contributed by atoms with E-state index in [0.29, 0.717) is 0 Å². The second-order valence-electron chi connectivity index (χ2n) is 6.65. The summed E-state index contributed by atoms with van der Waals surface area (Å²) in [6.07, 6.45) is 0.799. The third-order valence-corrected chi connectivity index (χ3v) is 5.00. The first-order valence-corrected chi connectivity index (χ1v) is 9.02. The number of aryl methyl sites for hydroxylation is 2. The van der Waals surface area contributed by atoms with Crippen LogP contribution in [-0.2, 0) is 6.42 Å². The first-order valence-electron chi connectivity index (χ1n) is 9.02. The molecule has 3 aromatic rings. The van der Waals surface area contributed by atoms with Crippen LogP contribution in [-0.4, -0.2) is 5.91 Å². The minimum atomic E-state index is -0.215. The summed E-state index contributed by atoms with van der Waals surface area (Å²) in [5.41, 5.74) is 6.11. The summed E-state index contributed by atoms with van der Waals surface area (Å²) in [4.78, 5) is 15.0. The predicted octanol–water partition coefficient (Wildman–Crippen LogP) is 5.33. The molecule has 0 aromatic heterocycles. The molecule has 26 heavy (non-hydrogen) atoms. The van der Waals surface area contributed by atoms with Crippen molar-refractivity contribution in [2.45, 2.75) is 26.4 Å². The number of nitrogens with one attached hydrogen (secondary N) is 1. The maximum Gasteiger partial charge on any atom is 0.260 e. The van der Waals surface area contributed by atoms with E-state index in [1.54, 1.807) is 0 Å². The molecule has 1 heterocycles. The molecule has 3 aromatic carbocycles. The molecule has 1 aliphatic heterocycles. The van der Waals surface area contributed by atoms with Crippen molar-refractivity contribution in [2.24, 2.45) is 0 Å². The maximum atomic E-state index is 13.1. The summed E-state index contributed by atoms with van der Waals surface area (Å²) in [5, 5.41) is 3.56. The Hall–Kier alpha value is -3.07. The number of anilines is 2. The highest BCUT2D eigenvalue weighted by Crippen LogP contribution is 2.39.